The Balaban J connectivity index is 3.08. The summed E-state index contributed by atoms with van der Waals surface area (Å²) in [6.07, 6.45) is -0.0347. The van der Waals surface area contributed by atoms with Crippen molar-refractivity contribution in [2.75, 3.05) is 25.1 Å². The number of esters is 1. The van der Waals surface area contributed by atoms with Crippen LogP contribution in [0.1, 0.15) is 34.1 Å². The maximum absolute atomic E-state index is 11.8. The largest absolute Gasteiger partial charge is 0.481 e. The Labute approximate surface area is 121 Å². The Morgan fingerprint density at radius 1 is 1.50 bits per heavy atom. The zero-order valence-corrected chi connectivity index (χ0v) is 12.4. The minimum absolute atomic E-state index is 0.0347. The molecule has 0 aromatic carbocycles. The predicted octanol–water partition coefficient (Wildman–Crippen LogP) is 2.02. The first-order valence-corrected chi connectivity index (χ1v) is 6.87. The summed E-state index contributed by atoms with van der Waals surface area (Å²) in [4.78, 5) is 24.5. The molecule has 0 atom stereocenters. The smallest absolute Gasteiger partial charge is 0.348 e. The minimum atomic E-state index is -0.908. The van der Waals surface area contributed by atoms with Crippen molar-refractivity contribution in [3.8, 4) is 6.07 Å². The number of ether oxygens (including phenoxy) is 1. The van der Waals surface area contributed by atoms with E-state index in [9.17, 15) is 14.9 Å². The van der Waals surface area contributed by atoms with Gasteiger partial charge >= 0.3 is 11.9 Å². The molecule has 0 aliphatic rings. The molecule has 0 spiro atoms. The third-order valence-corrected chi connectivity index (χ3v) is 4.09. The first-order valence-electron chi connectivity index (χ1n) is 6.05. The molecular weight excluding hydrogens is 280 g/mol. The lowest BCUT2D eigenvalue weighted by Crippen LogP contribution is -2.20. The van der Waals surface area contributed by atoms with E-state index in [1.54, 1.807) is 25.8 Å². The average Bonchev–Trinajstić information content (AvgIpc) is 2.73. The van der Waals surface area contributed by atoms with E-state index in [0.29, 0.717) is 21.0 Å². The van der Waals surface area contributed by atoms with Gasteiger partial charge in [-0.3, -0.25) is 4.79 Å². The number of rotatable bonds is 6. The second kappa shape index (κ2) is 6.91. The Hall–Kier alpha value is -2.07. The van der Waals surface area contributed by atoms with Gasteiger partial charge in [-0.25, -0.2) is 4.79 Å². The average molecular weight is 296 g/mol. The Bertz CT molecular complexity index is 559. The third-order valence-electron chi connectivity index (χ3n) is 2.71. The van der Waals surface area contributed by atoms with Crippen LogP contribution in [0.2, 0.25) is 0 Å². The van der Waals surface area contributed by atoms with Crippen LogP contribution in [0.3, 0.4) is 0 Å². The lowest BCUT2D eigenvalue weighted by Gasteiger charge is -2.16. The number of aliphatic carboxylic acids is 1. The highest BCUT2D eigenvalue weighted by molar-refractivity contribution is 7.18. The van der Waals surface area contributed by atoms with Crippen LogP contribution in [0, 0.1) is 18.3 Å². The van der Waals surface area contributed by atoms with Crippen molar-refractivity contribution < 1.29 is 19.4 Å². The van der Waals surface area contributed by atoms with Gasteiger partial charge in [0.1, 0.15) is 15.9 Å². The number of carbonyl (C=O) groups is 2. The molecule has 0 unspecified atom stereocenters. The van der Waals surface area contributed by atoms with Gasteiger partial charge in [-0.2, -0.15) is 5.26 Å². The van der Waals surface area contributed by atoms with E-state index in [-0.39, 0.29) is 19.6 Å². The normalized spacial score (nSPS) is 9.90. The molecule has 1 heterocycles. The highest BCUT2D eigenvalue weighted by Crippen LogP contribution is 2.35. The fourth-order valence-corrected chi connectivity index (χ4v) is 2.79. The summed E-state index contributed by atoms with van der Waals surface area (Å²) in [6, 6.07) is 2.06. The predicted molar refractivity (Wildman–Crippen MR) is 75.3 cm³/mol. The molecule has 6 nitrogen and oxygen atoms in total. The number of nitrogens with zero attached hydrogens (tertiary/aromatic N) is 2. The van der Waals surface area contributed by atoms with Gasteiger partial charge in [0.05, 0.1) is 18.6 Å². The summed E-state index contributed by atoms with van der Waals surface area (Å²) in [6.45, 7) is 3.94. The lowest BCUT2D eigenvalue weighted by atomic mass is 10.1. The number of carboxylic acid groups (broad SMARTS) is 1. The summed E-state index contributed by atoms with van der Waals surface area (Å²) in [5.74, 6) is -1.36. The zero-order valence-electron chi connectivity index (χ0n) is 11.6. The molecular formula is C13H16N2O4S. The first kappa shape index (κ1) is 16.0. The Morgan fingerprint density at radius 2 is 2.15 bits per heavy atom. The van der Waals surface area contributed by atoms with Gasteiger partial charge in [-0.1, -0.05) is 0 Å². The molecule has 0 amide bonds. The fraction of sp³-hybridized carbons (Fsp3) is 0.462. The van der Waals surface area contributed by atoms with E-state index >= 15 is 0 Å². The Morgan fingerprint density at radius 3 is 2.65 bits per heavy atom. The lowest BCUT2D eigenvalue weighted by molar-refractivity contribution is -0.136. The van der Waals surface area contributed by atoms with Gasteiger partial charge in [-0.05, 0) is 19.4 Å². The number of anilines is 1. The van der Waals surface area contributed by atoms with Gasteiger partial charge in [-0.15, -0.1) is 11.3 Å². The quantitative estimate of drug-likeness (QED) is 0.808. The van der Waals surface area contributed by atoms with Crippen LogP contribution in [0.25, 0.3) is 0 Å². The molecule has 7 heteroatoms. The van der Waals surface area contributed by atoms with Gasteiger partial charge in [0.2, 0.25) is 0 Å². The maximum Gasteiger partial charge on any atom is 0.348 e. The number of hydrogen-bond donors (Lipinski definition) is 1. The summed E-state index contributed by atoms with van der Waals surface area (Å²) in [7, 11) is 1.70. The molecule has 1 aromatic rings. The van der Waals surface area contributed by atoms with Crippen LogP contribution < -0.4 is 4.90 Å². The summed E-state index contributed by atoms with van der Waals surface area (Å²) < 4.78 is 4.95. The number of nitriles is 1. The van der Waals surface area contributed by atoms with E-state index in [0.717, 1.165) is 11.3 Å². The van der Waals surface area contributed by atoms with Gasteiger partial charge in [0.15, 0.2) is 0 Å². The van der Waals surface area contributed by atoms with Crippen LogP contribution >= 0.6 is 11.3 Å². The summed E-state index contributed by atoms with van der Waals surface area (Å²) in [5, 5.41) is 18.5. The highest BCUT2D eigenvalue weighted by atomic mass is 32.1. The van der Waals surface area contributed by atoms with E-state index in [2.05, 4.69) is 6.07 Å². The Kier molecular flexibility index (Phi) is 5.53. The first-order chi connectivity index (χ1) is 9.42. The molecule has 1 N–H and O–H groups in total. The van der Waals surface area contributed by atoms with Crippen molar-refractivity contribution in [3.63, 3.8) is 0 Å². The third kappa shape index (κ3) is 3.48. The van der Waals surface area contributed by atoms with Crippen molar-refractivity contribution in [1.29, 1.82) is 5.26 Å². The number of thiophene rings is 1. The minimum Gasteiger partial charge on any atom is -0.481 e. The maximum atomic E-state index is 11.8. The molecule has 1 rings (SSSR count). The van der Waals surface area contributed by atoms with E-state index < -0.39 is 11.9 Å². The molecule has 1 aromatic heterocycles. The monoisotopic (exact) mass is 296 g/mol. The van der Waals surface area contributed by atoms with E-state index in [4.69, 9.17) is 9.84 Å². The molecule has 0 aliphatic carbocycles. The van der Waals surface area contributed by atoms with Crippen LogP contribution in [-0.4, -0.2) is 37.2 Å². The highest BCUT2D eigenvalue weighted by Gasteiger charge is 2.23. The van der Waals surface area contributed by atoms with Crippen molar-refractivity contribution in [2.24, 2.45) is 0 Å². The number of carboxylic acids is 1. The van der Waals surface area contributed by atoms with Crippen molar-refractivity contribution in [1.82, 2.24) is 0 Å². The summed E-state index contributed by atoms with van der Waals surface area (Å²) >= 11 is 1.15. The number of carbonyl (C=O) groups excluding carboxylic acids is 1. The molecule has 0 saturated carbocycles. The van der Waals surface area contributed by atoms with Crippen LogP contribution in [0.15, 0.2) is 0 Å². The topological polar surface area (TPSA) is 90.6 Å². The van der Waals surface area contributed by atoms with Crippen LogP contribution in [0.5, 0.6) is 0 Å². The molecule has 0 radical (unpaired) electrons. The second-order valence-electron chi connectivity index (χ2n) is 4.13. The fourth-order valence-electron chi connectivity index (χ4n) is 1.65. The molecule has 108 valence electrons. The molecule has 0 bridgehead atoms. The SMILES string of the molecule is CCOC(=O)c1sc(N(C)CCC(=O)O)c(C#N)c1C. The second-order valence-corrected chi connectivity index (χ2v) is 5.13. The zero-order chi connectivity index (χ0) is 15.3. The van der Waals surface area contributed by atoms with Crippen molar-refractivity contribution >= 4 is 28.3 Å². The van der Waals surface area contributed by atoms with E-state index in [1.807, 2.05) is 0 Å². The van der Waals surface area contributed by atoms with E-state index in [1.165, 1.54) is 0 Å². The molecule has 20 heavy (non-hydrogen) atoms. The molecule has 0 fully saturated rings. The van der Waals surface area contributed by atoms with Crippen molar-refractivity contribution in [2.45, 2.75) is 20.3 Å². The van der Waals surface area contributed by atoms with Crippen molar-refractivity contribution in [3.05, 3.63) is 16.0 Å². The number of hydrogen-bond acceptors (Lipinski definition) is 6. The van der Waals surface area contributed by atoms with Gasteiger partial charge < -0.3 is 14.7 Å². The van der Waals surface area contributed by atoms with Crippen LogP contribution in [0.4, 0.5) is 5.00 Å². The van der Waals surface area contributed by atoms with Gasteiger partial charge in [0, 0.05) is 13.6 Å². The van der Waals surface area contributed by atoms with Gasteiger partial charge in [0.25, 0.3) is 0 Å². The standard InChI is InChI=1S/C13H16N2O4S/c1-4-19-13(18)11-8(2)9(7-14)12(20-11)15(3)6-5-10(16)17/h4-6H2,1-3H3,(H,16,17). The van der Waals surface area contributed by atoms with Crippen LogP contribution in [-0.2, 0) is 9.53 Å². The summed E-state index contributed by atoms with van der Waals surface area (Å²) in [5.41, 5.74) is 0.971. The molecule has 0 saturated heterocycles. The molecule has 0 aliphatic heterocycles.